The second-order valence-corrected chi connectivity index (χ2v) is 6.84. The number of nitrogens with two attached hydrogens (primary N) is 1. The van der Waals surface area contributed by atoms with Crippen LogP contribution in [0.1, 0.15) is 26.7 Å². The van der Waals surface area contributed by atoms with E-state index in [9.17, 15) is 18.0 Å². The summed E-state index contributed by atoms with van der Waals surface area (Å²) in [5, 5.41) is 2.41. The molecule has 1 rings (SSSR count). The number of hydrogen-bond donors (Lipinski definition) is 2. The van der Waals surface area contributed by atoms with Gasteiger partial charge in [0.2, 0.25) is 5.91 Å². The molecule has 0 atom stereocenters. The minimum Gasteiger partial charge on any atom is -0.399 e. The van der Waals surface area contributed by atoms with Gasteiger partial charge in [-0.05, 0) is 37.1 Å². The van der Waals surface area contributed by atoms with E-state index in [0.29, 0.717) is 25.3 Å². The summed E-state index contributed by atoms with van der Waals surface area (Å²) in [6.45, 7) is 4.26. The molecule has 8 nitrogen and oxygen atoms in total. The first-order valence-corrected chi connectivity index (χ1v) is 9.01. The molecule has 0 saturated carbocycles. The maximum absolute atomic E-state index is 12.5. The third-order valence-corrected chi connectivity index (χ3v) is 4.75. The number of nitrogen functional groups attached to an aromatic ring is 1. The van der Waals surface area contributed by atoms with Crippen molar-refractivity contribution in [2.75, 3.05) is 25.5 Å². The normalized spacial score (nSPS) is 11.1. The van der Waals surface area contributed by atoms with E-state index in [1.54, 1.807) is 0 Å². The number of amides is 3. The summed E-state index contributed by atoms with van der Waals surface area (Å²) in [4.78, 5) is 23.6. The highest BCUT2D eigenvalue weighted by atomic mass is 32.2. The fourth-order valence-electron chi connectivity index (χ4n) is 1.85. The van der Waals surface area contributed by atoms with E-state index >= 15 is 0 Å². The number of ether oxygens (including phenoxy) is 1. The van der Waals surface area contributed by atoms with Crippen LogP contribution in [0.15, 0.2) is 29.2 Å². The SMILES string of the molecule is CCCOCCCNC(=O)N(C(C)=O)S(=O)(=O)c1ccc(N)cc1. The summed E-state index contributed by atoms with van der Waals surface area (Å²) in [7, 11) is -4.28. The number of benzene rings is 1. The van der Waals surface area contributed by atoms with Gasteiger partial charge in [0.25, 0.3) is 10.0 Å². The van der Waals surface area contributed by atoms with E-state index in [0.717, 1.165) is 13.3 Å². The van der Waals surface area contributed by atoms with Crippen molar-refractivity contribution >= 4 is 27.6 Å². The Morgan fingerprint density at radius 2 is 1.83 bits per heavy atom. The van der Waals surface area contributed by atoms with Crippen LogP contribution in [0.4, 0.5) is 10.5 Å². The molecule has 134 valence electrons. The first-order valence-electron chi connectivity index (χ1n) is 7.57. The van der Waals surface area contributed by atoms with Gasteiger partial charge in [0.1, 0.15) is 0 Å². The third kappa shape index (κ3) is 5.50. The summed E-state index contributed by atoms with van der Waals surface area (Å²) in [6.07, 6.45) is 1.41. The number of anilines is 1. The van der Waals surface area contributed by atoms with Gasteiger partial charge >= 0.3 is 6.03 Å². The molecule has 9 heteroatoms. The minimum absolute atomic E-state index is 0.187. The molecule has 0 spiro atoms. The molecule has 0 saturated heterocycles. The minimum atomic E-state index is -4.28. The fourth-order valence-corrected chi connectivity index (χ4v) is 3.17. The Balaban J connectivity index is 2.76. The lowest BCUT2D eigenvalue weighted by molar-refractivity contribution is -0.122. The molecule has 3 N–H and O–H groups in total. The molecule has 0 radical (unpaired) electrons. The molecule has 0 aliphatic rings. The summed E-state index contributed by atoms with van der Waals surface area (Å²) in [5.74, 6) is -0.897. The number of rotatable bonds is 8. The molecule has 0 fully saturated rings. The summed E-state index contributed by atoms with van der Waals surface area (Å²) in [5.41, 5.74) is 5.89. The van der Waals surface area contributed by atoms with Crippen LogP contribution in [0.2, 0.25) is 0 Å². The van der Waals surface area contributed by atoms with Gasteiger partial charge in [0.15, 0.2) is 0 Å². The Morgan fingerprint density at radius 3 is 2.38 bits per heavy atom. The predicted octanol–water partition coefficient (Wildman–Crippen LogP) is 1.33. The molecular weight excluding hydrogens is 334 g/mol. The van der Waals surface area contributed by atoms with Crippen LogP contribution in [0, 0.1) is 0 Å². The molecule has 1 aromatic carbocycles. The molecule has 0 unspecified atom stereocenters. The van der Waals surface area contributed by atoms with Crippen LogP contribution in [0.25, 0.3) is 0 Å². The van der Waals surface area contributed by atoms with E-state index in [4.69, 9.17) is 10.5 Å². The summed E-state index contributed by atoms with van der Waals surface area (Å²) >= 11 is 0. The van der Waals surface area contributed by atoms with Crippen molar-refractivity contribution in [1.29, 1.82) is 0 Å². The van der Waals surface area contributed by atoms with Gasteiger partial charge in [-0.1, -0.05) is 6.92 Å². The smallest absolute Gasteiger partial charge is 0.338 e. The number of urea groups is 1. The Bertz CT molecular complexity index is 658. The number of nitrogens with zero attached hydrogens (tertiary/aromatic N) is 1. The topological polar surface area (TPSA) is 119 Å². The first-order chi connectivity index (χ1) is 11.3. The molecule has 0 aliphatic carbocycles. The maximum atomic E-state index is 12.5. The monoisotopic (exact) mass is 357 g/mol. The molecule has 0 heterocycles. The van der Waals surface area contributed by atoms with Crippen molar-refractivity contribution in [1.82, 2.24) is 9.62 Å². The molecule has 0 aliphatic heterocycles. The van der Waals surface area contributed by atoms with Gasteiger partial charge in [-0.3, -0.25) is 4.79 Å². The van der Waals surface area contributed by atoms with Gasteiger partial charge in [0, 0.05) is 32.4 Å². The van der Waals surface area contributed by atoms with Gasteiger partial charge < -0.3 is 15.8 Å². The number of sulfonamides is 1. The molecule has 1 aromatic rings. The number of imide groups is 1. The molecule has 3 amide bonds. The zero-order valence-corrected chi connectivity index (χ0v) is 14.6. The van der Waals surface area contributed by atoms with E-state index in [-0.39, 0.29) is 15.7 Å². The Kier molecular flexibility index (Phi) is 7.66. The van der Waals surface area contributed by atoms with Crippen molar-refractivity contribution in [3.63, 3.8) is 0 Å². The maximum Gasteiger partial charge on any atom is 0.338 e. The standard InChI is InChI=1S/C15H23N3O5S/c1-3-10-23-11-4-9-17-15(20)18(12(2)19)24(21,22)14-7-5-13(16)6-8-14/h5-8H,3-4,9-11,16H2,1-2H3,(H,17,20). The molecule has 0 bridgehead atoms. The van der Waals surface area contributed by atoms with Crippen LogP contribution in [0.3, 0.4) is 0 Å². The van der Waals surface area contributed by atoms with Crippen LogP contribution >= 0.6 is 0 Å². The van der Waals surface area contributed by atoms with Crippen molar-refractivity contribution in [3.05, 3.63) is 24.3 Å². The number of hydrogen-bond acceptors (Lipinski definition) is 6. The van der Waals surface area contributed by atoms with E-state index in [1.165, 1.54) is 24.3 Å². The Hall–Kier alpha value is -2.13. The highest BCUT2D eigenvalue weighted by Crippen LogP contribution is 2.17. The van der Waals surface area contributed by atoms with Crippen LogP contribution in [-0.4, -0.2) is 44.4 Å². The highest BCUT2D eigenvalue weighted by molar-refractivity contribution is 7.90. The lowest BCUT2D eigenvalue weighted by Crippen LogP contribution is -2.46. The number of carbonyl (C=O) groups excluding carboxylic acids is 2. The van der Waals surface area contributed by atoms with Crippen molar-refractivity contribution < 1.29 is 22.7 Å². The van der Waals surface area contributed by atoms with Crippen molar-refractivity contribution in [3.8, 4) is 0 Å². The number of carbonyl (C=O) groups is 2. The van der Waals surface area contributed by atoms with Crippen LogP contribution < -0.4 is 11.1 Å². The molecule has 24 heavy (non-hydrogen) atoms. The average molecular weight is 357 g/mol. The second kappa shape index (κ2) is 9.24. The first kappa shape index (κ1) is 19.9. The van der Waals surface area contributed by atoms with E-state index in [2.05, 4.69) is 5.32 Å². The van der Waals surface area contributed by atoms with Gasteiger partial charge in [-0.15, -0.1) is 0 Å². The van der Waals surface area contributed by atoms with E-state index in [1.807, 2.05) is 6.92 Å². The summed E-state index contributed by atoms with van der Waals surface area (Å²) in [6, 6.07) is 4.26. The second-order valence-electron chi connectivity index (χ2n) is 5.06. The Morgan fingerprint density at radius 1 is 1.21 bits per heavy atom. The molecule has 0 aromatic heterocycles. The largest absolute Gasteiger partial charge is 0.399 e. The lowest BCUT2D eigenvalue weighted by Gasteiger charge is -2.19. The van der Waals surface area contributed by atoms with Gasteiger partial charge in [-0.25, -0.2) is 13.2 Å². The van der Waals surface area contributed by atoms with E-state index < -0.39 is 22.0 Å². The van der Waals surface area contributed by atoms with Gasteiger partial charge in [0.05, 0.1) is 4.90 Å². The van der Waals surface area contributed by atoms with Gasteiger partial charge in [-0.2, -0.15) is 4.31 Å². The lowest BCUT2D eigenvalue weighted by atomic mass is 10.3. The predicted molar refractivity (Wildman–Crippen MR) is 89.7 cm³/mol. The molecular formula is C15H23N3O5S. The third-order valence-electron chi connectivity index (χ3n) is 2.98. The number of nitrogens with one attached hydrogen (secondary N) is 1. The average Bonchev–Trinajstić information content (AvgIpc) is 2.50. The fraction of sp³-hybridized carbons (Fsp3) is 0.467. The highest BCUT2D eigenvalue weighted by Gasteiger charge is 2.32. The van der Waals surface area contributed by atoms with Crippen LogP contribution in [0.5, 0.6) is 0 Å². The van der Waals surface area contributed by atoms with Crippen molar-refractivity contribution in [2.45, 2.75) is 31.6 Å². The zero-order chi connectivity index (χ0) is 18.2. The van der Waals surface area contributed by atoms with Crippen LogP contribution in [-0.2, 0) is 19.6 Å². The van der Waals surface area contributed by atoms with Crippen molar-refractivity contribution in [2.24, 2.45) is 0 Å². The zero-order valence-electron chi connectivity index (χ0n) is 13.8. The summed E-state index contributed by atoms with van der Waals surface area (Å²) < 4.78 is 30.4. The quantitative estimate of drug-likeness (QED) is 0.535. The Labute approximate surface area is 142 Å².